The predicted molar refractivity (Wildman–Crippen MR) is 109 cm³/mol. The highest BCUT2D eigenvalue weighted by molar-refractivity contribution is 6.31. The smallest absolute Gasteiger partial charge is 0.335 e. The minimum atomic E-state index is -1.03. The molecule has 3 aromatic rings. The van der Waals surface area contributed by atoms with Crippen molar-refractivity contribution >= 4 is 40.6 Å². The summed E-state index contributed by atoms with van der Waals surface area (Å²) in [7, 11) is 0. The Hall–Kier alpha value is -3.44. The number of carboxylic acid groups (broad SMARTS) is 1. The monoisotopic (exact) mass is 390 g/mol. The van der Waals surface area contributed by atoms with Crippen molar-refractivity contribution in [2.24, 2.45) is 4.99 Å². The summed E-state index contributed by atoms with van der Waals surface area (Å²) in [6.45, 7) is 0. The van der Waals surface area contributed by atoms with Crippen LogP contribution < -0.4 is 5.32 Å². The van der Waals surface area contributed by atoms with Gasteiger partial charge in [-0.25, -0.2) is 4.79 Å². The first-order valence-corrected chi connectivity index (χ1v) is 8.98. The fourth-order valence-electron chi connectivity index (χ4n) is 3.26. The maximum absolute atomic E-state index is 12.8. The number of nitrogens with one attached hydrogen (secondary N) is 1. The SMILES string of the molecule is O=C(O)c1cccc(N=C(c2ccccc2)C2C(=O)Nc3cc(Cl)ccc32)c1. The summed E-state index contributed by atoms with van der Waals surface area (Å²) in [6.07, 6.45) is 0. The second-order valence-corrected chi connectivity index (χ2v) is 6.81. The van der Waals surface area contributed by atoms with Crippen LogP contribution in [0.15, 0.2) is 77.8 Å². The Morgan fingerprint density at radius 2 is 1.71 bits per heavy atom. The van der Waals surface area contributed by atoms with Gasteiger partial charge < -0.3 is 10.4 Å². The van der Waals surface area contributed by atoms with Gasteiger partial charge in [-0.1, -0.05) is 54.1 Å². The van der Waals surface area contributed by atoms with Gasteiger partial charge in [-0.3, -0.25) is 9.79 Å². The van der Waals surface area contributed by atoms with Crippen LogP contribution in [0, 0.1) is 0 Å². The number of halogens is 1. The fourth-order valence-corrected chi connectivity index (χ4v) is 3.43. The number of fused-ring (bicyclic) bond motifs is 1. The van der Waals surface area contributed by atoms with Crippen LogP contribution in [0.25, 0.3) is 0 Å². The van der Waals surface area contributed by atoms with Crippen molar-refractivity contribution in [2.45, 2.75) is 5.92 Å². The number of amides is 1. The number of rotatable bonds is 4. The number of benzene rings is 3. The molecule has 3 aromatic carbocycles. The molecule has 28 heavy (non-hydrogen) atoms. The molecule has 1 atom stereocenters. The van der Waals surface area contributed by atoms with Crippen molar-refractivity contribution < 1.29 is 14.7 Å². The minimum Gasteiger partial charge on any atom is -0.478 e. The van der Waals surface area contributed by atoms with E-state index >= 15 is 0 Å². The zero-order valence-electron chi connectivity index (χ0n) is 14.6. The number of carboxylic acids is 1. The van der Waals surface area contributed by atoms with E-state index < -0.39 is 11.9 Å². The first-order chi connectivity index (χ1) is 13.5. The van der Waals surface area contributed by atoms with Crippen LogP contribution in [-0.4, -0.2) is 22.7 Å². The van der Waals surface area contributed by atoms with Crippen molar-refractivity contribution in [1.82, 2.24) is 0 Å². The third-order valence-corrected chi connectivity index (χ3v) is 4.77. The van der Waals surface area contributed by atoms with E-state index in [0.717, 1.165) is 11.1 Å². The van der Waals surface area contributed by atoms with Crippen molar-refractivity contribution in [2.75, 3.05) is 5.32 Å². The number of hydrogen-bond donors (Lipinski definition) is 2. The van der Waals surface area contributed by atoms with Gasteiger partial charge in [0, 0.05) is 10.7 Å². The number of aliphatic imine (C=N–C) groups is 1. The molecule has 0 fully saturated rings. The Kier molecular flexibility index (Phi) is 4.67. The normalized spacial score (nSPS) is 15.8. The average molecular weight is 391 g/mol. The standard InChI is InChI=1S/C22H15ClN2O3/c23-15-9-10-17-18(12-15)25-21(26)19(17)20(13-5-2-1-3-6-13)24-16-8-4-7-14(11-16)22(27)28/h1-12,19H,(H,25,26)(H,27,28). The van der Waals surface area contributed by atoms with Crippen molar-refractivity contribution in [1.29, 1.82) is 0 Å². The van der Waals surface area contributed by atoms with Crippen LogP contribution in [0.3, 0.4) is 0 Å². The lowest BCUT2D eigenvalue weighted by atomic mass is 9.90. The molecule has 2 N–H and O–H groups in total. The minimum absolute atomic E-state index is 0.136. The van der Waals surface area contributed by atoms with Crippen molar-refractivity contribution in [3.8, 4) is 0 Å². The number of carbonyl (C=O) groups is 2. The van der Waals surface area contributed by atoms with Gasteiger partial charge in [0.15, 0.2) is 0 Å². The molecular formula is C22H15ClN2O3. The molecule has 0 saturated heterocycles. The summed E-state index contributed by atoms with van der Waals surface area (Å²) < 4.78 is 0. The van der Waals surface area contributed by atoms with E-state index in [9.17, 15) is 14.7 Å². The molecule has 1 unspecified atom stereocenters. The lowest BCUT2D eigenvalue weighted by molar-refractivity contribution is -0.115. The van der Waals surface area contributed by atoms with Crippen LogP contribution in [0.4, 0.5) is 11.4 Å². The Morgan fingerprint density at radius 3 is 2.46 bits per heavy atom. The lowest BCUT2D eigenvalue weighted by Crippen LogP contribution is -2.22. The van der Waals surface area contributed by atoms with Gasteiger partial charge >= 0.3 is 5.97 Å². The molecule has 1 aliphatic heterocycles. The summed E-state index contributed by atoms with van der Waals surface area (Å²) in [4.78, 5) is 28.8. The second kappa shape index (κ2) is 7.29. The number of carbonyl (C=O) groups excluding carboxylic acids is 1. The predicted octanol–water partition coefficient (Wildman–Crippen LogP) is 4.89. The first kappa shape index (κ1) is 17.9. The zero-order chi connectivity index (χ0) is 19.7. The largest absolute Gasteiger partial charge is 0.478 e. The van der Waals surface area contributed by atoms with Gasteiger partial charge in [0.05, 0.1) is 17.0 Å². The van der Waals surface area contributed by atoms with Gasteiger partial charge in [-0.2, -0.15) is 0 Å². The van der Waals surface area contributed by atoms with Gasteiger partial charge in [-0.05, 0) is 41.5 Å². The van der Waals surface area contributed by atoms with E-state index in [2.05, 4.69) is 10.3 Å². The molecule has 138 valence electrons. The Morgan fingerprint density at radius 1 is 0.964 bits per heavy atom. The van der Waals surface area contributed by atoms with E-state index in [0.29, 0.717) is 22.1 Å². The topological polar surface area (TPSA) is 78.8 Å². The molecule has 0 aromatic heterocycles. The highest BCUT2D eigenvalue weighted by atomic mass is 35.5. The average Bonchev–Trinajstić information content (AvgIpc) is 3.01. The van der Waals surface area contributed by atoms with Crippen molar-refractivity contribution in [3.63, 3.8) is 0 Å². The summed E-state index contributed by atoms with van der Waals surface area (Å²) in [6, 6.07) is 21.0. The van der Waals surface area contributed by atoms with Gasteiger partial charge in [0.2, 0.25) is 5.91 Å². The summed E-state index contributed by atoms with van der Waals surface area (Å²) in [5.74, 6) is -1.85. The fraction of sp³-hybridized carbons (Fsp3) is 0.0455. The third-order valence-electron chi connectivity index (χ3n) is 4.53. The molecule has 0 radical (unpaired) electrons. The quantitative estimate of drug-likeness (QED) is 0.622. The number of hydrogen-bond acceptors (Lipinski definition) is 3. The molecule has 1 aliphatic rings. The number of nitrogens with zero attached hydrogens (tertiary/aromatic N) is 1. The van der Waals surface area contributed by atoms with E-state index in [1.807, 2.05) is 36.4 Å². The Labute approximate surface area is 166 Å². The molecule has 4 rings (SSSR count). The van der Waals surface area contributed by atoms with Gasteiger partial charge in [0.1, 0.15) is 5.92 Å². The molecule has 1 amide bonds. The second-order valence-electron chi connectivity index (χ2n) is 6.37. The molecular weight excluding hydrogens is 376 g/mol. The Balaban J connectivity index is 1.88. The van der Waals surface area contributed by atoms with E-state index in [1.54, 1.807) is 24.3 Å². The summed E-state index contributed by atoms with van der Waals surface area (Å²) in [5, 5.41) is 12.6. The highest BCUT2D eigenvalue weighted by Crippen LogP contribution is 2.37. The molecule has 6 heteroatoms. The van der Waals surface area contributed by atoms with Crippen LogP contribution >= 0.6 is 11.6 Å². The van der Waals surface area contributed by atoms with Crippen LogP contribution in [-0.2, 0) is 4.79 Å². The summed E-state index contributed by atoms with van der Waals surface area (Å²) >= 11 is 6.06. The maximum atomic E-state index is 12.8. The van der Waals surface area contributed by atoms with E-state index in [1.165, 1.54) is 12.1 Å². The number of aromatic carboxylic acids is 1. The van der Waals surface area contributed by atoms with E-state index in [-0.39, 0.29) is 11.5 Å². The molecule has 1 heterocycles. The summed E-state index contributed by atoms with van der Waals surface area (Å²) in [5.41, 5.74) is 3.37. The van der Waals surface area contributed by atoms with Gasteiger partial charge in [0.25, 0.3) is 0 Å². The molecule has 0 spiro atoms. The first-order valence-electron chi connectivity index (χ1n) is 8.60. The molecule has 5 nitrogen and oxygen atoms in total. The zero-order valence-corrected chi connectivity index (χ0v) is 15.4. The third kappa shape index (κ3) is 3.40. The Bertz CT molecular complexity index is 1110. The van der Waals surface area contributed by atoms with Crippen LogP contribution in [0.5, 0.6) is 0 Å². The highest BCUT2D eigenvalue weighted by Gasteiger charge is 2.35. The van der Waals surface area contributed by atoms with Crippen LogP contribution in [0.1, 0.15) is 27.4 Å². The number of anilines is 1. The maximum Gasteiger partial charge on any atom is 0.335 e. The molecule has 0 aliphatic carbocycles. The lowest BCUT2D eigenvalue weighted by Gasteiger charge is -2.14. The van der Waals surface area contributed by atoms with Crippen LogP contribution in [0.2, 0.25) is 5.02 Å². The van der Waals surface area contributed by atoms with E-state index in [4.69, 9.17) is 11.6 Å². The van der Waals surface area contributed by atoms with Crippen molar-refractivity contribution in [3.05, 3.63) is 94.5 Å². The molecule has 0 bridgehead atoms. The molecule has 0 saturated carbocycles. The van der Waals surface area contributed by atoms with Gasteiger partial charge in [-0.15, -0.1) is 0 Å².